The standard InChI is InChI=1S/C7H13NS/c1-4-5-6-8-7(2)9-3/h5-6H,4H2,1-3H3/b6-5-,8-7-. The van der Waals surface area contributed by atoms with E-state index < -0.39 is 0 Å². The molecule has 9 heavy (non-hydrogen) atoms. The Balaban J connectivity index is 3.55. The second kappa shape index (κ2) is 5.89. The van der Waals surface area contributed by atoms with Crippen LogP contribution in [0.5, 0.6) is 0 Å². The molecule has 52 valence electrons. The Morgan fingerprint density at radius 1 is 1.67 bits per heavy atom. The molecule has 0 atom stereocenters. The number of aliphatic imine (C=N–C) groups is 1. The van der Waals surface area contributed by atoms with Crippen LogP contribution in [-0.4, -0.2) is 11.3 Å². The average molecular weight is 143 g/mol. The van der Waals surface area contributed by atoms with Gasteiger partial charge in [0.25, 0.3) is 0 Å². The van der Waals surface area contributed by atoms with Crippen LogP contribution >= 0.6 is 11.8 Å². The third kappa shape index (κ3) is 5.63. The van der Waals surface area contributed by atoms with Crippen molar-refractivity contribution in [3.8, 4) is 0 Å². The lowest BCUT2D eigenvalue weighted by molar-refractivity contribution is 1.21. The van der Waals surface area contributed by atoms with E-state index in [-0.39, 0.29) is 0 Å². The van der Waals surface area contributed by atoms with Gasteiger partial charge in [-0.1, -0.05) is 13.0 Å². The Labute approximate surface area is 61.3 Å². The van der Waals surface area contributed by atoms with Crippen molar-refractivity contribution in [3.05, 3.63) is 12.3 Å². The number of hydrogen-bond donors (Lipinski definition) is 0. The zero-order valence-electron chi connectivity index (χ0n) is 6.22. The highest BCUT2D eigenvalue weighted by Crippen LogP contribution is 1.96. The maximum atomic E-state index is 4.13. The Morgan fingerprint density at radius 2 is 2.33 bits per heavy atom. The molecule has 0 aromatic heterocycles. The van der Waals surface area contributed by atoms with Crippen molar-refractivity contribution in [2.24, 2.45) is 4.99 Å². The van der Waals surface area contributed by atoms with Gasteiger partial charge in [-0.05, 0) is 19.6 Å². The summed E-state index contributed by atoms with van der Waals surface area (Å²) in [6, 6.07) is 0. The molecule has 0 spiro atoms. The Bertz CT molecular complexity index is 116. The molecule has 0 N–H and O–H groups in total. The number of hydrogen-bond acceptors (Lipinski definition) is 2. The molecular weight excluding hydrogens is 130 g/mol. The molecule has 0 saturated carbocycles. The molecule has 0 fully saturated rings. The van der Waals surface area contributed by atoms with Crippen LogP contribution in [0.4, 0.5) is 0 Å². The van der Waals surface area contributed by atoms with Gasteiger partial charge in [0.2, 0.25) is 0 Å². The van der Waals surface area contributed by atoms with Gasteiger partial charge in [-0.2, -0.15) is 0 Å². The zero-order valence-corrected chi connectivity index (χ0v) is 7.03. The fraction of sp³-hybridized carbons (Fsp3) is 0.571. The molecule has 0 saturated heterocycles. The van der Waals surface area contributed by atoms with Crippen molar-refractivity contribution in [2.45, 2.75) is 20.3 Å². The van der Waals surface area contributed by atoms with Gasteiger partial charge in [-0.15, -0.1) is 11.8 Å². The molecule has 0 heterocycles. The van der Waals surface area contributed by atoms with Gasteiger partial charge >= 0.3 is 0 Å². The first-order valence-electron chi connectivity index (χ1n) is 3.04. The lowest BCUT2D eigenvalue weighted by Gasteiger charge is -1.86. The number of thioether (sulfide) groups is 1. The van der Waals surface area contributed by atoms with Crippen molar-refractivity contribution in [2.75, 3.05) is 6.26 Å². The minimum atomic E-state index is 1.06. The predicted octanol–water partition coefficient (Wildman–Crippen LogP) is 2.69. The first-order chi connectivity index (χ1) is 4.31. The van der Waals surface area contributed by atoms with Gasteiger partial charge < -0.3 is 0 Å². The van der Waals surface area contributed by atoms with E-state index in [0.717, 1.165) is 11.5 Å². The van der Waals surface area contributed by atoms with E-state index in [1.54, 1.807) is 11.8 Å². The van der Waals surface area contributed by atoms with E-state index in [1.165, 1.54) is 0 Å². The van der Waals surface area contributed by atoms with Crippen LogP contribution in [0.2, 0.25) is 0 Å². The number of nitrogens with zero attached hydrogens (tertiary/aromatic N) is 1. The molecule has 0 amide bonds. The first kappa shape index (κ1) is 8.76. The van der Waals surface area contributed by atoms with Gasteiger partial charge in [-0.3, -0.25) is 4.99 Å². The van der Waals surface area contributed by atoms with Crippen LogP contribution in [0, 0.1) is 0 Å². The first-order valence-corrected chi connectivity index (χ1v) is 4.27. The third-order valence-electron chi connectivity index (χ3n) is 0.893. The summed E-state index contributed by atoms with van der Waals surface area (Å²) in [5.74, 6) is 0. The van der Waals surface area contributed by atoms with Gasteiger partial charge in [0.15, 0.2) is 0 Å². The highest BCUT2D eigenvalue weighted by atomic mass is 32.2. The Hall–Kier alpha value is -0.240. The quantitative estimate of drug-likeness (QED) is 0.427. The maximum absolute atomic E-state index is 4.13. The second-order valence-electron chi connectivity index (χ2n) is 1.65. The minimum absolute atomic E-state index is 1.06. The van der Waals surface area contributed by atoms with E-state index >= 15 is 0 Å². The molecule has 0 aliphatic carbocycles. The second-order valence-corrected chi connectivity index (χ2v) is 2.64. The normalized spacial score (nSPS) is 13.0. The molecule has 0 aliphatic rings. The van der Waals surface area contributed by atoms with Crippen molar-refractivity contribution in [1.82, 2.24) is 0 Å². The van der Waals surface area contributed by atoms with Crippen LogP contribution in [0.25, 0.3) is 0 Å². The van der Waals surface area contributed by atoms with Crippen molar-refractivity contribution >= 4 is 16.8 Å². The summed E-state index contributed by atoms with van der Waals surface area (Å²) in [5, 5.41) is 1.11. The van der Waals surface area contributed by atoms with Gasteiger partial charge in [0, 0.05) is 6.20 Å². The molecule has 0 unspecified atom stereocenters. The maximum Gasteiger partial charge on any atom is 0.0697 e. The summed E-state index contributed by atoms with van der Waals surface area (Å²) >= 11 is 1.67. The van der Waals surface area contributed by atoms with Crippen LogP contribution in [0.15, 0.2) is 17.3 Å². The highest BCUT2D eigenvalue weighted by molar-refractivity contribution is 8.13. The molecule has 1 nitrogen and oxygen atoms in total. The van der Waals surface area contributed by atoms with Gasteiger partial charge in [0.1, 0.15) is 0 Å². The van der Waals surface area contributed by atoms with Gasteiger partial charge in [-0.25, -0.2) is 0 Å². The molecule has 0 aliphatic heterocycles. The molecular formula is C7H13NS. The van der Waals surface area contributed by atoms with E-state index in [9.17, 15) is 0 Å². The summed E-state index contributed by atoms with van der Waals surface area (Å²) in [6.07, 6.45) is 6.98. The smallest absolute Gasteiger partial charge is 0.0697 e. The summed E-state index contributed by atoms with van der Waals surface area (Å²) < 4.78 is 0. The molecule has 0 aromatic rings. The molecule has 0 rings (SSSR count). The van der Waals surface area contributed by atoms with E-state index in [4.69, 9.17) is 0 Å². The molecule has 0 radical (unpaired) electrons. The Kier molecular flexibility index (Phi) is 5.73. The fourth-order valence-electron chi connectivity index (χ4n) is 0.316. The van der Waals surface area contributed by atoms with Crippen molar-refractivity contribution < 1.29 is 0 Å². The zero-order chi connectivity index (χ0) is 7.11. The minimum Gasteiger partial charge on any atom is -0.255 e. The third-order valence-corrected chi connectivity index (χ3v) is 1.59. The predicted molar refractivity (Wildman–Crippen MR) is 46.1 cm³/mol. The highest BCUT2D eigenvalue weighted by Gasteiger charge is 1.78. The largest absolute Gasteiger partial charge is 0.255 e. The SMILES string of the molecule is CC/C=C\N=C(\C)SC. The lowest BCUT2D eigenvalue weighted by atomic mass is 10.5. The lowest BCUT2D eigenvalue weighted by Crippen LogP contribution is -1.76. The average Bonchev–Trinajstić information content (AvgIpc) is 1.89. The van der Waals surface area contributed by atoms with E-state index in [1.807, 2.05) is 25.5 Å². The van der Waals surface area contributed by atoms with Crippen LogP contribution < -0.4 is 0 Å². The van der Waals surface area contributed by atoms with Crippen molar-refractivity contribution in [3.63, 3.8) is 0 Å². The fourth-order valence-corrected chi connectivity index (χ4v) is 0.482. The number of allylic oxidation sites excluding steroid dienone is 1. The molecule has 0 bridgehead atoms. The topological polar surface area (TPSA) is 12.4 Å². The van der Waals surface area contributed by atoms with Crippen LogP contribution in [0.1, 0.15) is 20.3 Å². The summed E-state index contributed by atoms with van der Waals surface area (Å²) in [6.45, 7) is 4.10. The number of rotatable bonds is 2. The summed E-state index contributed by atoms with van der Waals surface area (Å²) in [7, 11) is 0. The van der Waals surface area contributed by atoms with E-state index in [2.05, 4.69) is 11.9 Å². The van der Waals surface area contributed by atoms with E-state index in [0.29, 0.717) is 0 Å². The Morgan fingerprint density at radius 3 is 2.78 bits per heavy atom. The molecule has 2 heteroatoms. The molecule has 0 aromatic carbocycles. The van der Waals surface area contributed by atoms with Gasteiger partial charge in [0.05, 0.1) is 5.04 Å². The van der Waals surface area contributed by atoms with Crippen molar-refractivity contribution in [1.29, 1.82) is 0 Å². The monoisotopic (exact) mass is 143 g/mol. The van der Waals surface area contributed by atoms with Crippen LogP contribution in [0.3, 0.4) is 0 Å². The summed E-state index contributed by atoms with van der Waals surface area (Å²) in [5.41, 5.74) is 0. The summed E-state index contributed by atoms with van der Waals surface area (Å²) in [4.78, 5) is 4.13. The van der Waals surface area contributed by atoms with Crippen LogP contribution in [-0.2, 0) is 0 Å².